The van der Waals surface area contributed by atoms with Crippen LogP contribution in [0.1, 0.15) is 38.5 Å². The van der Waals surface area contributed by atoms with Gasteiger partial charge in [-0.25, -0.2) is 0 Å². The molecule has 2 aliphatic rings. The predicted octanol–water partition coefficient (Wildman–Crippen LogP) is 1.61. The summed E-state index contributed by atoms with van der Waals surface area (Å²) >= 11 is 0. The van der Waals surface area contributed by atoms with E-state index < -0.39 is 11.0 Å². The van der Waals surface area contributed by atoms with Gasteiger partial charge < -0.3 is 9.84 Å². The van der Waals surface area contributed by atoms with E-state index in [4.69, 9.17) is 4.74 Å². The summed E-state index contributed by atoms with van der Waals surface area (Å²) in [6.07, 6.45) is 5.03. The Morgan fingerprint density at radius 3 is 2.43 bits per heavy atom. The number of aliphatic hydroxyl groups is 1. The molecule has 1 saturated carbocycles. The quantitative estimate of drug-likeness (QED) is 0.691. The lowest BCUT2D eigenvalue weighted by Crippen LogP contribution is -2.51. The number of rotatable bonds is 1. The Balaban J connectivity index is 2.16. The summed E-state index contributed by atoms with van der Waals surface area (Å²) in [7, 11) is 0. The minimum Gasteiger partial charge on any atom is -0.388 e. The van der Waals surface area contributed by atoms with E-state index in [1.807, 2.05) is 0 Å². The van der Waals surface area contributed by atoms with Gasteiger partial charge in [-0.05, 0) is 25.7 Å². The highest BCUT2D eigenvalue weighted by molar-refractivity contribution is 5.15. The van der Waals surface area contributed by atoms with E-state index in [2.05, 4.69) is 6.07 Å². The minimum atomic E-state index is -0.781. The fourth-order valence-corrected chi connectivity index (χ4v) is 2.62. The van der Waals surface area contributed by atoms with Gasteiger partial charge in [0.1, 0.15) is 0 Å². The van der Waals surface area contributed by atoms with Crippen molar-refractivity contribution < 1.29 is 9.84 Å². The Kier molecular flexibility index (Phi) is 2.50. The first-order chi connectivity index (χ1) is 6.72. The second-order valence-electron chi connectivity index (χ2n) is 4.54. The Hall–Kier alpha value is -0.590. The summed E-state index contributed by atoms with van der Waals surface area (Å²) in [5, 5.41) is 19.7. The molecule has 3 nitrogen and oxygen atoms in total. The molecule has 0 amide bonds. The number of hydrogen-bond acceptors (Lipinski definition) is 3. The van der Waals surface area contributed by atoms with Crippen LogP contribution >= 0.6 is 0 Å². The molecule has 1 saturated heterocycles. The molecule has 0 bridgehead atoms. The molecule has 0 spiro atoms. The standard InChI is InChI=1S/C11H17NO2/c12-9-10(3-1-4-10)11(13)5-2-7-14-8-6-11/h13H,1-8H2. The second kappa shape index (κ2) is 3.52. The third-order valence-corrected chi connectivity index (χ3v) is 3.85. The number of ether oxygens (including phenoxy) is 1. The van der Waals surface area contributed by atoms with Gasteiger partial charge in [0.2, 0.25) is 0 Å². The highest BCUT2D eigenvalue weighted by atomic mass is 16.5. The average molecular weight is 195 g/mol. The van der Waals surface area contributed by atoms with Crippen molar-refractivity contribution >= 4 is 0 Å². The Bertz CT molecular complexity index is 245. The summed E-state index contributed by atoms with van der Waals surface area (Å²) in [6.45, 7) is 1.32. The highest BCUT2D eigenvalue weighted by Gasteiger charge is 2.54. The first-order valence-corrected chi connectivity index (χ1v) is 5.44. The molecule has 1 aliphatic heterocycles. The van der Waals surface area contributed by atoms with Gasteiger partial charge in [0.15, 0.2) is 0 Å². The van der Waals surface area contributed by atoms with E-state index in [0.29, 0.717) is 13.0 Å². The molecule has 3 heteroatoms. The Labute approximate surface area is 84.7 Å². The number of nitriles is 1. The van der Waals surface area contributed by atoms with E-state index in [1.165, 1.54) is 0 Å². The van der Waals surface area contributed by atoms with Gasteiger partial charge in [-0.15, -0.1) is 0 Å². The van der Waals surface area contributed by atoms with Crippen LogP contribution < -0.4 is 0 Å². The lowest BCUT2D eigenvalue weighted by atomic mass is 9.57. The average Bonchev–Trinajstić information content (AvgIpc) is 2.30. The fourth-order valence-electron chi connectivity index (χ4n) is 2.62. The third kappa shape index (κ3) is 1.34. The van der Waals surface area contributed by atoms with Gasteiger partial charge in [0.05, 0.1) is 17.1 Å². The van der Waals surface area contributed by atoms with Crippen molar-refractivity contribution in [1.29, 1.82) is 5.26 Å². The van der Waals surface area contributed by atoms with Crippen LogP contribution in [0.5, 0.6) is 0 Å². The molecule has 0 aromatic rings. The normalized spacial score (nSPS) is 36.6. The van der Waals surface area contributed by atoms with Gasteiger partial charge >= 0.3 is 0 Å². The lowest BCUT2D eigenvalue weighted by molar-refractivity contribution is -0.105. The topological polar surface area (TPSA) is 53.2 Å². The largest absolute Gasteiger partial charge is 0.388 e. The number of hydrogen-bond donors (Lipinski definition) is 1. The molecule has 2 fully saturated rings. The van der Waals surface area contributed by atoms with Gasteiger partial charge in [-0.1, -0.05) is 6.42 Å². The molecule has 0 aromatic carbocycles. The van der Waals surface area contributed by atoms with Crippen LogP contribution in [-0.2, 0) is 4.74 Å². The summed E-state index contributed by atoms with van der Waals surface area (Å²) in [5.74, 6) is 0. The van der Waals surface area contributed by atoms with Gasteiger partial charge in [0.25, 0.3) is 0 Å². The molecule has 1 N–H and O–H groups in total. The minimum absolute atomic E-state index is 0.458. The fraction of sp³-hybridized carbons (Fsp3) is 0.909. The van der Waals surface area contributed by atoms with Crippen LogP contribution in [-0.4, -0.2) is 23.9 Å². The van der Waals surface area contributed by atoms with Crippen molar-refractivity contribution in [2.75, 3.05) is 13.2 Å². The van der Waals surface area contributed by atoms with Crippen molar-refractivity contribution in [2.24, 2.45) is 5.41 Å². The van der Waals surface area contributed by atoms with Crippen LogP contribution in [0.4, 0.5) is 0 Å². The Morgan fingerprint density at radius 2 is 1.86 bits per heavy atom. The summed E-state index contributed by atoms with van der Waals surface area (Å²) in [6, 6.07) is 2.35. The second-order valence-corrected chi connectivity index (χ2v) is 4.54. The first kappa shape index (κ1) is 9.95. The van der Waals surface area contributed by atoms with E-state index in [-0.39, 0.29) is 0 Å². The van der Waals surface area contributed by atoms with E-state index in [0.717, 1.165) is 38.7 Å². The van der Waals surface area contributed by atoms with Crippen molar-refractivity contribution in [3.8, 4) is 6.07 Å². The van der Waals surface area contributed by atoms with E-state index in [1.54, 1.807) is 0 Å². The molecule has 0 radical (unpaired) electrons. The molecular weight excluding hydrogens is 178 g/mol. The first-order valence-electron chi connectivity index (χ1n) is 5.44. The van der Waals surface area contributed by atoms with Crippen LogP contribution in [0.3, 0.4) is 0 Å². The van der Waals surface area contributed by atoms with Crippen LogP contribution in [0.2, 0.25) is 0 Å². The molecule has 14 heavy (non-hydrogen) atoms. The van der Waals surface area contributed by atoms with Crippen molar-refractivity contribution in [1.82, 2.24) is 0 Å². The summed E-state index contributed by atoms with van der Waals surface area (Å²) in [4.78, 5) is 0. The Morgan fingerprint density at radius 1 is 1.07 bits per heavy atom. The van der Waals surface area contributed by atoms with Gasteiger partial charge in [-0.2, -0.15) is 5.26 Å². The molecular formula is C11H17NO2. The molecule has 2 rings (SSSR count). The van der Waals surface area contributed by atoms with Gasteiger partial charge in [-0.3, -0.25) is 0 Å². The molecule has 1 atom stereocenters. The summed E-state index contributed by atoms with van der Waals surface area (Å²) in [5.41, 5.74) is -1.24. The number of nitrogens with zero attached hydrogens (tertiary/aromatic N) is 1. The molecule has 1 unspecified atom stereocenters. The van der Waals surface area contributed by atoms with Crippen LogP contribution in [0.15, 0.2) is 0 Å². The van der Waals surface area contributed by atoms with Crippen molar-refractivity contribution in [3.63, 3.8) is 0 Å². The smallest absolute Gasteiger partial charge is 0.0861 e. The maximum atomic E-state index is 10.5. The summed E-state index contributed by atoms with van der Waals surface area (Å²) < 4.78 is 5.33. The van der Waals surface area contributed by atoms with E-state index >= 15 is 0 Å². The van der Waals surface area contributed by atoms with E-state index in [9.17, 15) is 10.4 Å². The zero-order valence-electron chi connectivity index (χ0n) is 8.46. The zero-order valence-corrected chi connectivity index (χ0v) is 8.46. The van der Waals surface area contributed by atoms with Crippen molar-refractivity contribution in [3.05, 3.63) is 0 Å². The molecule has 1 aliphatic carbocycles. The monoisotopic (exact) mass is 195 g/mol. The maximum Gasteiger partial charge on any atom is 0.0861 e. The van der Waals surface area contributed by atoms with Gasteiger partial charge in [0, 0.05) is 19.6 Å². The van der Waals surface area contributed by atoms with Crippen molar-refractivity contribution in [2.45, 2.75) is 44.1 Å². The molecule has 78 valence electrons. The zero-order chi connectivity index (χ0) is 10.1. The van der Waals surface area contributed by atoms with Crippen LogP contribution in [0.25, 0.3) is 0 Å². The van der Waals surface area contributed by atoms with Crippen LogP contribution in [0, 0.1) is 16.7 Å². The third-order valence-electron chi connectivity index (χ3n) is 3.85. The lowest BCUT2D eigenvalue weighted by Gasteiger charge is -2.48. The molecule has 1 heterocycles. The SMILES string of the molecule is N#CC1(C2(O)CCCOCC2)CCC1. The highest BCUT2D eigenvalue weighted by Crippen LogP contribution is 2.52. The maximum absolute atomic E-state index is 10.5. The molecule has 0 aromatic heterocycles. The predicted molar refractivity (Wildman–Crippen MR) is 51.5 cm³/mol.